The van der Waals surface area contributed by atoms with Crippen molar-refractivity contribution in [3.8, 4) is 6.07 Å². The van der Waals surface area contributed by atoms with Crippen LogP contribution < -0.4 is 5.32 Å². The van der Waals surface area contributed by atoms with E-state index in [0.717, 1.165) is 31.1 Å². The first-order valence-electron chi connectivity index (χ1n) is 8.15. The molecule has 1 atom stereocenters. The fourth-order valence-corrected chi connectivity index (χ4v) is 3.13. The molecule has 1 aliphatic rings. The van der Waals surface area contributed by atoms with Gasteiger partial charge in [-0.15, -0.1) is 0 Å². The maximum Gasteiger partial charge on any atom is 0.0991 e. The van der Waals surface area contributed by atoms with Crippen LogP contribution in [0.4, 0.5) is 0 Å². The summed E-state index contributed by atoms with van der Waals surface area (Å²) in [6, 6.07) is 8.27. The lowest BCUT2D eigenvalue weighted by atomic mass is 9.96. The van der Waals surface area contributed by atoms with E-state index in [-0.39, 0.29) is 0 Å². The van der Waals surface area contributed by atoms with Gasteiger partial charge in [0.2, 0.25) is 0 Å². The summed E-state index contributed by atoms with van der Waals surface area (Å²) >= 11 is 0. The highest BCUT2D eigenvalue weighted by molar-refractivity contribution is 5.37. The largest absolute Gasteiger partial charge is 0.316 e. The maximum absolute atomic E-state index is 8.94. The second-order valence-electron chi connectivity index (χ2n) is 6.20. The number of hydrogen-bond acceptors (Lipinski definition) is 3. The second-order valence-corrected chi connectivity index (χ2v) is 6.20. The topological polar surface area (TPSA) is 39.1 Å². The van der Waals surface area contributed by atoms with Gasteiger partial charge in [-0.3, -0.25) is 4.90 Å². The highest BCUT2D eigenvalue weighted by atomic mass is 15.1. The highest BCUT2D eigenvalue weighted by Gasteiger charge is 2.19. The maximum atomic E-state index is 8.94. The van der Waals surface area contributed by atoms with Crippen LogP contribution in [-0.2, 0) is 6.54 Å². The molecule has 1 aromatic rings. The summed E-state index contributed by atoms with van der Waals surface area (Å²) in [6.07, 6.45) is 3.86. The van der Waals surface area contributed by atoms with Crippen molar-refractivity contribution in [1.82, 2.24) is 10.2 Å². The second kappa shape index (κ2) is 8.17. The predicted molar refractivity (Wildman–Crippen MR) is 87.1 cm³/mol. The minimum atomic E-state index is 0.761. The van der Waals surface area contributed by atoms with E-state index in [1.165, 1.54) is 43.5 Å². The van der Waals surface area contributed by atoms with Gasteiger partial charge in [-0.1, -0.05) is 13.0 Å². The van der Waals surface area contributed by atoms with Gasteiger partial charge in [0.15, 0.2) is 0 Å². The van der Waals surface area contributed by atoms with Crippen molar-refractivity contribution in [3.05, 3.63) is 34.9 Å². The van der Waals surface area contributed by atoms with Gasteiger partial charge in [-0.25, -0.2) is 0 Å². The molecule has 1 aliphatic heterocycles. The van der Waals surface area contributed by atoms with Crippen LogP contribution in [0.1, 0.15) is 42.9 Å². The van der Waals surface area contributed by atoms with E-state index in [4.69, 9.17) is 5.26 Å². The zero-order chi connectivity index (χ0) is 15.1. The zero-order valence-corrected chi connectivity index (χ0v) is 13.4. The van der Waals surface area contributed by atoms with E-state index >= 15 is 0 Å². The third-order valence-corrected chi connectivity index (χ3v) is 4.33. The molecule has 0 aliphatic carbocycles. The van der Waals surface area contributed by atoms with Crippen LogP contribution in [0.25, 0.3) is 0 Å². The van der Waals surface area contributed by atoms with Crippen LogP contribution >= 0.6 is 0 Å². The molecule has 1 N–H and O–H groups in total. The van der Waals surface area contributed by atoms with Crippen molar-refractivity contribution in [2.75, 3.05) is 26.2 Å². The molecular formula is C18H27N3. The number of benzene rings is 1. The lowest BCUT2D eigenvalue weighted by Gasteiger charge is -2.33. The number of rotatable bonds is 6. The lowest BCUT2D eigenvalue weighted by molar-refractivity contribution is 0.165. The molecule has 2 rings (SSSR count). The molecule has 1 fully saturated rings. The minimum absolute atomic E-state index is 0.761. The Balaban J connectivity index is 1.89. The standard InChI is InChI=1S/C18H27N3/c1-3-8-20-12-17-5-4-9-21(13-17)14-18-7-6-16(11-19)10-15(18)2/h6-7,10,17,20H,3-5,8-9,12-14H2,1-2H3. The van der Waals surface area contributed by atoms with Crippen molar-refractivity contribution < 1.29 is 0 Å². The smallest absolute Gasteiger partial charge is 0.0991 e. The molecule has 114 valence electrons. The highest BCUT2D eigenvalue weighted by Crippen LogP contribution is 2.20. The molecule has 3 nitrogen and oxygen atoms in total. The fourth-order valence-electron chi connectivity index (χ4n) is 3.13. The molecule has 1 unspecified atom stereocenters. The van der Waals surface area contributed by atoms with E-state index in [1.54, 1.807) is 0 Å². The Morgan fingerprint density at radius 1 is 1.43 bits per heavy atom. The Labute approximate surface area is 129 Å². The van der Waals surface area contributed by atoms with Gasteiger partial charge in [-0.05, 0) is 75.0 Å². The van der Waals surface area contributed by atoms with Gasteiger partial charge in [0.05, 0.1) is 11.6 Å². The van der Waals surface area contributed by atoms with Gasteiger partial charge in [0.1, 0.15) is 0 Å². The number of nitrogens with one attached hydrogen (secondary N) is 1. The van der Waals surface area contributed by atoms with Gasteiger partial charge in [0, 0.05) is 13.1 Å². The summed E-state index contributed by atoms with van der Waals surface area (Å²) < 4.78 is 0. The summed E-state index contributed by atoms with van der Waals surface area (Å²) in [5.41, 5.74) is 3.35. The summed E-state index contributed by atoms with van der Waals surface area (Å²) in [6.45, 7) is 10.0. The van der Waals surface area contributed by atoms with E-state index in [1.807, 2.05) is 12.1 Å². The quantitative estimate of drug-likeness (QED) is 0.816. The van der Waals surface area contributed by atoms with Crippen molar-refractivity contribution in [2.45, 2.75) is 39.7 Å². The number of piperidine rings is 1. The lowest BCUT2D eigenvalue weighted by Crippen LogP contribution is -2.39. The van der Waals surface area contributed by atoms with Crippen LogP contribution in [0.15, 0.2) is 18.2 Å². The molecule has 0 spiro atoms. The van der Waals surface area contributed by atoms with Crippen molar-refractivity contribution >= 4 is 0 Å². The first-order valence-corrected chi connectivity index (χ1v) is 8.15. The van der Waals surface area contributed by atoms with Crippen molar-refractivity contribution in [1.29, 1.82) is 5.26 Å². The van der Waals surface area contributed by atoms with Crippen molar-refractivity contribution in [2.24, 2.45) is 5.92 Å². The van der Waals surface area contributed by atoms with E-state index in [0.29, 0.717) is 0 Å². The average molecular weight is 285 g/mol. The van der Waals surface area contributed by atoms with Crippen LogP contribution in [-0.4, -0.2) is 31.1 Å². The van der Waals surface area contributed by atoms with Crippen LogP contribution in [0.5, 0.6) is 0 Å². The monoisotopic (exact) mass is 285 g/mol. The molecule has 1 heterocycles. The summed E-state index contributed by atoms with van der Waals surface area (Å²) in [7, 11) is 0. The first kappa shape index (κ1) is 16.0. The summed E-state index contributed by atoms with van der Waals surface area (Å²) in [5, 5.41) is 12.5. The average Bonchev–Trinajstić information content (AvgIpc) is 2.50. The minimum Gasteiger partial charge on any atom is -0.316 e. The molecule has 3 heteroatoms. The number of aryl methyl sites for hydroxylation is 1. The molecule has 1 aromatic carbocycles. The Kier molecular flexibility index (Phi) is 6.22. The van der Waals surface area contributed by atoms with E-state index in [2.05, 4.69) is 36.2 Å². The Morgan fingerprint density at radius 2 is 2.29 bits per heavy atom. The normalized spacial score (nSPS) is 19.4. The van der Waals surface area contributed by atoms with Crippen LogP contribution in [0, 0.1) is 24.2 Å². The van der Waals surface area contributed by atoms with Crippen molar-refractivity contribution in [3.63, 3.8) is 0 Å². The van der Waals surface area contributed by atoms with Gasteiger partial charge in [0.25, 0.3) is 0 Å². The Hall–Kier alpha value is -1.37. The summed E-state index contributed by atoms with van der Waals surface area (Å²) in [5.74, 6) is 0.781. The molecule has 21 heavy (non-hydrogen) atoms. The van der Waals surface area contributed by atoms with Gasteiger partial charge in [-0.2, -0.15) is 5.26 Å². The van der Waals surface area contributed by atoms with Crippen LogP contribution in [0.2, 0.25) is 0 Å². The molecule has 0 saturated carbocycles. The fraction of sp³-hybridized carbons (Fsp3) is 0.611. The van der Waals surface area contributed by atoms with E-state index < -0.39 is 0 Å². The third kappa shape index (κ3) is 4.84. The zero-order valence-electron chi connectivity index (χ0n) is 13.4. The molecule has 0 amide bonds. The SMILES string of the molecule is CCCNCC1CCCN(Cc2ccc(C#N)cc2C)C1. The molecular weight excluding hydrogens is 258 g/mol. The number of hydrogen-bond donors (Lipinski definition) is 1. The van der Waals surface area contributed by atoms with Gasteiger partial charge < -0.3 is 5.32 Å². The number of nitriles is 1. The Morgan fingerprint density at radius 3 is 3.00 bits per heavy atom. The molecule has 0 bridgehead atoms. The third-order valence-electron chi connectivity index (χ3n) is 4.33. The summed E-state index contributed by atoms with van der Waals surface area (Å²) in [4.78, 5) is 2.57. The number of likely N-dealkylation sites (tertiary alicyclic amines) is 1. The first-order chi connectivity index (χ1) is 10.2. The number of nitrogens with zero attached hydrogens (tertiary/aromatic N) is 2. The molecule has 0 aromatic heterocycles. The Bertz CT molecular complexity index is 490. The van der Waals surface area contributed by atoms with E-state index in [9.17, 15) is 0 Å². The predicted octanol–water partition coefficient (Wildman–Crippen LogP) is 3.08. The molecule has 1 saturated heterocycles. The van der Waals surface area contributed by atoms with Crippen LogP contribution in [0.3, 0.4) is 0 Å². The molecule has 0 radical (unpaired) electrons. The van der Waals surface area contributed by atoms with Gasteiger partial charge >= 0.3 is 0 Å².